The maximum absolute atomic E-state index is 11.3. The van der Waals surface area contributed by atoms with E-state index in [9.17, 15) is 8.42 Å². The monoisotopic (exact) mass is 254 g/mol. The fourth-order valence-electron chi connectivity index (χ4n) is 1.71. The van der Waals surface area contributed by atoms with Crippen LogP contribution in [0.1, 0.15) is 32.1 Å². The lowest BCUT2D eigenvalue weighted by molar-refractivity contribution is 0.573. The summed E-state index contributed by atoms with van der Waals surface area (Å²) < 4.78 is 22.6. The van der Waals surface area contributed by atoms with E-state index in [0.717, 1.165) is 25.7 Å². The molecule has 2 nitrogen and oxygen atoms in total. The molecule has 0 N–H and O–H groups in total. The summed E-state index contributed by atoms with van der Waals surface area (Å²) in [6.07, 6.45) is 6.56. The van der Waals surface area contributed by atoms with Crippen molar-refractivity contribution in [1.82, 2.24) is 0 Å². The predicted molar refractivity (Wildman–Crippen MR) is 54.4 cm³/mol. The van der Waals surface area contributed by atoms with E-state index in [1.807, 2.05) is 0 Å². The standard InChI is InChI=1S/C8H15BrO2S/c1-12(10,11)8-6-4-2-3-5-7(8)9/h7-8H,2-6H2,1H3. The smallest absolute Gasteiger partial charge is 0.151 e. The largest absolute Gasteiger partial charge is 0.229 e. The third-order valence-corrected chi connectivity index (χ3v) is 5.53. The molecule has 0 heterocycles. The summed E-state index contributed by atoms with van der Waals surface area (Å²) >= 11 is 3.46. The summed E-state index contributed by atoms with van der Waals surface area (Å²) in [5.41, 5.74) is 0. The van der Waals surface area contributed by atoms with Crippen molar-refractivity contribution in [2.75, 3.05) is 6.26 Å². The van der Waals surface area contributed by atoms with Gasteiger partial charge in [-0.15, -0.1) is 0 Å². The average Bonchev–Trinajstić information content (AvgIpc) is 2.11. The number of alkyl halides is 1. The maximum atomic E-state index is 11.3. The Labute approximate surface area is 82.8 Å². The molecule has 0 saturated heterocycles. The zero-order valence-corrected chi connectivity index (χ0v) is 9.70. The second-order valence-electron chi connectivity index (χ2n) is 3.52. The Morgan fingerprint density at radius 3 is 2.33 bits per heavy atom. The Hall–Kier alpha value is 0.430. The molecular weight excluding hydrogens is 240 g/mol. The van der Waals surface area contributed by atoms with Crippen LogP contribution in [0.4, 0.5) is 0 Å². The van der Waals surface area contributed by atoms with Gasteiger partial charge >= 0.3 is 0 Å². The van der Waals surface area contributed by atoms with Crippen LogP contribution in [-0.2, 0) is 9.84 Å². The van der Waals surface area contributed by atoms with Crippen molar-refractivity contribution in [2.24, 2.45) is 0 Å². The third-order valence-electron chi connectivity index (χ3n) is 2.42. The van der Waals surface area contributed by atoms with Crippen LogP contribution in [0, 0.1) is 0 Å². The van der Waals surface area contributed by atoms with Crippen LogP contribution in [0.3, 0.4) is 0 Å². The molecule has 0 spiro atoms. The Kier molecular flexibility index (Phi) is 3.58. The molecule has 12 heavy (non-hydrogen) atoms. The molecular formula is C8H15BrO2S. The van der Waals surface area contributed by atoms with Crippen molar-refractivity contribution in [3.05, 3.63) is 0 Å². The molecule has 0 aliphatic heterocycles. The van der Waals surface area contributed by atoms with Crippen molar-refractivity contribution in [3.63, 3.8) is 0 Å². The number of hydrogen-bond donors (Lipinski definition) is 0. The first-order valence-electron chi connectivity index (χ1n) is 4.35. The average molecular weight is 255 g/mol. The van der Waals surface area contributed by atoms with Gasteiger partial charge in [0.05, 0.1) is 5.25 Å². The van der Waals surface area contributed by atoms with Gasteiger partial charge in [-0.3, -0.25) is 0 Å². The number of rotatable bonds is 1. The van der Waals surface area contributed by atoms with Crippen molar-refractivity contribution in [1.29, 1.82) is 0 Å². The van der Waals surface area contributed by atoms with Gasteiger partial charge in [0.25, 0.3) is 0 Å². The Balaban J connectivity index is 2.72. The van der Waals surface area contributed by atoms with Crippen molar-refractivity contribution >= 4 is 25.8 Å². The second-order valence-corrected chi connectivity index (χ2v) is 6.96. The molecule has 4 heteroatoms. The summed E-state index contributed by atoms with van der Waals surface area (Å²) in [4.78, 5) is 0.176. The van der Waals surface area contributed by atoms with Gasteiger partial charge in [-0.1, -0.05) is 35.2 Å². The van der Waals surface area contributed by atoms with Gasteiger partial charge in [-0.25, -0.2) is 8.42 Å². The SMILES string of the molecule is CS(=O)(=O)C1CCCCCC1Br. The summed E-state index contributed by atoms with van der Waals surface area (Å²) in [6, 6.07) is 0. The van der Waals surface area contributed by atoms with Gasteiger partial charge < -0.3 is 0 Å². The highest BCUT2D eigenvalue weighted by atomic mass is 79.9. The van der Waals surface area contributed by atoms with E-state index in [1.54, 1.807) is 0 Å². The quantitative estimate of drug-likeness (QED) is 0.531. The molecule has 1 rings (SSSR count). The molecule has 1 aliphatic carbocycles. The fraction of sp³-hybridized carbons (Fsp3) is 1.00. The summed E-state index contributed by atoms with van der Waals surface area (Å²) in [5, 5.41) is -0.153. The molecule has 0 radical (unpaired) electrons. The molecule has 1 saturated carbocycles. The predicted octanol–water partition coefficient (Wildman–Crippen LogP) is 2.13. The fourth-order valence-corrected chi connectivity index (χ4v) is 4.74. The van der Waals surface area contributed by atoms with Crippen LogP contribution in [0.5, 0.6) is 0 Å². The Morgan fingerprint density at radius 1 is 1.17 bits per heavy atom. The topological polar surface area (TPSA) is 34.1 Å². The first-order chi connectivity index (χ1) is 5.52. The Bertz CT molecular complexity index is 235. The minimum atomic E-state index is -2.85. The molecule has 1 fully saturated rings. The van der Waals surface area contributed by atoms with E-state index in [4.69, 9.17) is 0 Å². The van der Waals surface area contributed by atoms with E-state index >= 15 is 0 Å². The van der Waals surface area contributed by atoms with Gasteiger partial charge in [-0.05, 0) is 12.8 Å². The summed E-state index contributed by atoms with van der Waals surface area (Å²) in [6.45, 7) is 0. The zero-order valence-electron chi connectivity index (χ0n) is 7.29. The lowest BCUT2D eigenvalue weighted by atomic mass is 10.2. The molecule has 0 bridgehead atoms. The van der Waals surface area contributed by atoms with Crippen LogP contribution in [0.2, 0.25) is 0 Å². The summed E-state index contributed by atoms with van der Waals surface area (Å²) in [5.74, 6) is 0. The first-order valence-corrected chi connectivity index (χ1v) is 7.22. The third kappa shape index (κ3) is 2.73. The number of hydrogen-bond acceptors (Lipinski definition) is 2. The molecule has 2 atom stereocenters. The zero-order chi connectivity index (χ0) is 9.19. The Morgan fingerprint density at radius 2 is 1.75 bits per heavy atom. The van der Waals surface area contributed by atoms with E-state index in [0.29, 0.717) is 0 Å². The van der Waals surface area contributed by atoms with Crippen LogP contribution < -0.4 is 0 Å². The first kappa shape index (κ1) is 10.5. The van der Waals surface area contributed by atoms with Crippen molar-refractivity contribution in [3.8, 4) is 0 Å². The molecule has 72 valence electrons. The van der Waals surface area contributed by atoms with E-state index in [2.05, 4.69) is 15.9 Å². The van der Waals surface area contributed by atoms with Crippen LogP contribution >= 0.6 is 15.9 Å². The lowest BCUT2D eigenvalue weighted by Gasteiger charge is -2.17. The lowest BCUT2D eigenvalue weighted by Crippen LogP contribution is -2.28. The van der Waals surface area contributed by atoms with Crippen molar-refractivity contribution < 1.29 is 8.42 Å². The molecule has 2 unspecified atom stereocenters. The highest BCUT2D eigenvalue weighted by Gasteiger charge is 2.29. The van der Waals surface area contributed by atoms with E-state index in [-0.39, 0.29) is 10.1 Å². The van der Waals surface area contributed by atoms with Gasteiger partial charge in [0, 0.05) is 11.1 Å². The van der Waals surface area contributed by atoms with Crippen LogP contribution in [-0.4, -0.2) is 24.8 Å². The summed E-state index contributed by atoms with van der Waals surface area (Å²) in [7, 11) is -2.85. The maximum Gasteiger partial charge on any atom is 0.151 e. The van der Waals surface area contributed by atoms with Gasteiger partial charge in [0.1, 0.15) is 0 Å². The molecule has 0 amide bonds. The highest BCUT2D eigenvalue weighted by molar-refractivity contribution is 9.09. The van der Waals surface area contributed by atoms with Gasteiger partial charge in [-0.2, -0.15) is 0 Å². The van der Waals surface area contributed by atoms with Crippen LogP contribution in [0.25, 0.3) is 0 Å². The van der Waals surface area contributed by atoms with Crippen molar-refractivity contribution in [2.45, 2.75) is 42.2 Å². The van der Waals surface area contributed by atoms with E-state index in [1.165, 1.54) is 12.7 Å². The van der Waals surface area contributed by atoms with E-state index < -0.39 is 9.84 Å². The van der Waals surface area contributed by atoms with Gasteiger partial charge in [0.2, 0.25) is 0 Å². The minimum Gasteiger partial charge on any atom is -0.229 e. The number of halogens is 1. The molecule has 0 aromatic heterocycles. The second kappa shape index (κ2) is 4.09. The molecule has 0 aromatic carbocycles. The minimum absolute atomic E-state index is 0.153. The van der Waals surface area contributed by atoms with Gasteiger partial charge in [0.15, 0.2) is 9.84 Å². The normalized spacial score (nSPS) is 32.8. The molecule has 0 aromatic rings. The highest BCUT2D eigenvalue weighted by Crippen LogP contribution is 2.27. The molecule has 1 aliphatic rings. The number of sulfone groups is 1. The van der Waals surface area contributed by atoms with Crippen LogP contribution in [0.15, 0.2) is 0 Å².